The monoisotopic (exact) mass is 320 g/mol. The molecule has 0 atom stereocenters. The summed E-state index contributed by atoms with van der Waals surface area (Å²) in [6.45, 7) is -1.72. The number of carboxylic acids is 1. The number of rotatable bonds is 6. The second-order valence-corrected chi connectivity index (χ2v) is 4.65. The number of aromatic carboxylic acids is 1. The van der Waals surface area contributed by atoms with Gasteiger partial charge in [0.15, 0.2) is 0 Å². The predicted octanol–water partition coefficient (Wildman–Crippen LogP) is -0.330. The fourth-order valence-corrected chi connectivity index (χ4v) is 1.55. The number of anilines is 1. The first-order chi connectivity index (χ1) is 8.48. The number of aliphatic hydroxyl groups excluding tert-OH is 3. The summed E-state index contributed by atoms with van der Waals surface area (Å²) in [6, 6.07) is 1.33. The van der Waals surface area contributed by atoms with Crippen LogP contribution in [-0.4, -0.2) is 56.7 Å². The molecule has 5 N–H and O–H groups in total. The molecule has 0 aliphatic heterocycles. The van der Waals surface area contributed by atoms with Crippen LogP contribution in [0.15, 0.2) is 16.7 Å². The molecular weight excluding hydrogens is 308 g/mol. The minimum Gasteiger partial charge on any atom is -0.478 e. The number of nitrogens with zero attached hydrogens (tertiary/aromatic N) is 1. The lowest BCUT2D eigenvalue weighted by atomic mass is 10.0. The van der Waals surface area contributed by atoms with Crippen molar-refractivity contribution in [2.75, 3.05) is 25.1 Å². The summed E-state index contributed by atoms with van der Waals surface area (Å²) < 4.78 is 0.480. The van der Waals surface area contributed by atoms with E-state index < -0.39 is 31.3 Å². The van der Waals surface area contributed by atoms with E-state index in [0.29, 0.717) is 4.47 Å². The molecule has 18 heavy (non-hydrogen) atoms. The van der Waals surface area contributed by atoms with Crippen molar-refractivity contribution in [1.82, 2.24) is 4.98 Å². The van der Waals surface area contributed by atoms with Gasteiger partial charge in [0.2, 0.25) is 0 Å². The van der Waals surface area contributed by atoms with Crippen molar-refractivity contribution < 1.29 is 25.2 Å². The Hall–Kier alpha value is -1.22. The molecule has 0 aliphatic rings. The van der Waals surface area contributed by atoms with Crippen LogP contribution < -0.4 is 5.32 Å². The summed E-state index contributed by atoms with van der Waals surface area (Å²) in [5, 5.41) is 39.0. The Labute approximate surface area is 111 Å². The average molecular weight is 321 g/mol. The maximum absolute atomic E-state index is 11.0. The zero-order valence-electron chi connectivity index (χ0n) is 9.30. The zero-order chi connectivity index (χ0) is 13.8. The number of nitrogens with one attached hydrogen (secondary N) is 1. The van der Waals surface area contributed by atoms with Gasteiger partial charge in [-0.05, 0) is 22.0 Å². The highest BCUT2D eigenvalue weighted by atomic mass is 79.9. The second-order valence-electron chi connectivity index (χ2n) is 3.73. The van der Waals surface area contributed by atoms with Crippen LogP contribution in [0.1, 0.15) is 10.4 Å². The quantitative estimate of drug-likeness (QED) is 0.486. The number of aromatic nitrogens is 1. The van der Waals surface area contributed by atoms with Gasteiger partial charge in [-0.25, -0.2) is 9.78 Å². The Morgan fingerprint density at radius 1 is 1.33 bits per heavy atom. The number of carbonyl (C=O) groups is 1. The maximum atomic E-state index is 11.0. The van der Waals surface area contributed by atoms with E-state index in [9.17, 15) is 4.79 Å². The number of aliphatic hydroxyl groups is 3. The van der Waals surface area contributed by atoms with E-state index in [1.165, 1.54) is 12.3 Å². The van der Waals surface area contributed by atoms with E-state index in [1.807, 2.05) is 0 Å². The molecule has 100 valence electrons. The van der Waals surface area contributed by atoms with E-state index in [4.69, 9.17) is 20.4 Å². The molecule has 1 aromatic heterocycles. The highest BCUT2D eigenvalue weighted by molar-refractivity contribution is 9.10. The van der Waals surface area contributed by atoms with Crippen molar-refractivity contribution in [2.45, 2.75) is 5.54 Å². The number of halogens is 1. The van der Waals surface area contributed by atoms with E-state index in [2.05, 4.69) is 26.2 Å². The van der Waals surface area contributed by atoms with Crippen LogP contribution in [-0.2, 0) is 0 Å². The third-order valence-electron chi connectivity index (χ3n) is 2.38. The Balaban J connectivity index is 3.13. The lowest BCUT2D eigenvalue weighted by molar-refractivity contribution is 0.0691. The van der Waals surface area contributed by atoms with Gasteiger partial charge in [0.05, 0.1) is 19.8 Å². The number of carboxylic acid groups (broad SMARTS) is 1. The van der Waals surface area contributed by atoms with Gasteiger partial charge in [-0.2, -0.15) is 0 Å². The van der Waals surface area contributed by atoms with Crippen molar-refractivity contribution in [3.05, 3.63) is 22.3 Å². The summed E-state index contributed by atoms with van der Waals surface area (Å²) in [5.41, 5.74) is -1.56. The minimum atomic E-state index is -1.43. The van der Waals surface area contributed by atoms with Crippen molar-refractivity contribution in [1.29, 1.82) is 0 Å². The van der Waals surface area contributed by atoms with E-state index in [0.717, 1.165) is 0 Å². The maximum Gasteiger partial charge on any atom is 0.339 e. The molecule has 0 bridgehead atoms. The molecule has 0 unspecified atom stereocenters. The van der Waals surface area contributed by atoms with Crippen LogP contribution in [0.25, 0.3) is 0 Å². The van der Waals surface area contributed by atoms with Crippen LogP contribution in [0.5, 0.6) is 0 Å². The molecule has 0 radical (unpaired) electrons. The Morgan fingerprint density at radius 2 is 1.89 bits per heavy atom. The first-order valence-corrected chi connectivity index (χ1v) is 5.77. The van der Waals surface area contributed by atoms with Crippen LogP contribution in [0.2, 0.25) is 0 Å². The SMILES string of the molecule is O=C(O)c1cc(Br)cnc1NC(CO)(CO)CO. The van der Waals surface area contributed by atoms with Gasteiger partial charge >= 0.3 is 5.97 Å². The third-order valence-corrected chi connectivity index (χ3v) is 2.81. The topological polar surface area (TPSA) is 123 Å². The van der Waals surface area contributed by atoms with Crippen LogP contribution in [0, 0.1) is 0 Å². The molecule has 0 saturated heterocycles. The molecule has 0 amide bonds. The first-order valence-electron chi connectivity index (χ1n) is 4.97. The largest absolute Gasteiger partial charge is 0.478 e. The minimum absolute atomic E-state index is 0.0390. The molecule has 1 heterocycles. The van der Waals surface area contributed by atoms with Crippen molar-refractivity contribution >= 4 is 27.7 Å². The van der Waals surface area contributed by atoms with E-state index in [-0.39, 0.29) is 11.4 Å². The number of hydrogen-bond donors (Lipinski definition) is 5. The predicted molar refractivity (Wildman–Crippen MR) is 66.5 cm³/mol. The van der Waals surface area contributed by atoms with E-state index in [1.54, 1.807) is 0 Å². The fraction of sp³-hybridized carbons (Fsp3) is 0.400. The van der Waals surface area contributed by atoms with Gasteiger partial charge < -0.3 is 25.7 Å². The molecule has 0 spiro atoms. The van der Waals surface area contributed by atoms with Gasteiger partial charge in [0.25, 0.3) is 0 Å². The molecule has 8 heteroatoms. The first kappa shape index (κ1) is 14.8. The molecular formula is C10H13BrN2O5. The summed E-state index contributed by atoms with van der Waals surface area (Å²) in [5.74, 6) is -1.25. The second kappa shape index (κ2) is 6.10. The molecule has 0 aliphatic carbocycles. The van der Waals surface area contributed by atoms with Crippen LogP contribution in [0.3, 0.4) is 0 Å². The van der Waals surface area contributed by atoms with Crippen molar-refractivity contribution in [3.63, 3.8) is 0 Å². The van der Waals surface area contributed by atoms with Crippen molar-refractivity contribution in [2.24, 2.45) is 0 Å². The molecule has 7 nitrogen and oxygen atoms in total. The molecule has 0 aromatic carbocycles. The Morgan fingerprint density at radius 3 is 2.33 bits per heavy atom. The smallest absolute Gasteiger partial charge is 0.339 e. The van der Waals surface area contributed by atoms with Crippen LogP contribution in [0.4, 0.5) is 5.82 Å². The summed E-state index contributed by atoms with van der Waals surface area (Å²) in [4.78, 5) is 14.9. The molecule has 0 fully saturated rings. The Kier molecular flexibility index (Phi) is 5.03. The number of pyridine rings is 1. The Bertz CT molecular complexity index is 428. The zero-order valence-corrected chi connectivity index (χ0v) is 10.9. The molecule has 1 rings (SSSR count). The molecule has 0 saturated carbocycles. The normalized spacial score (nSPS) is 11.3. The van der Waals surface area contributed by atoms with Crippen LogP contribution >= 0.6 is 15.9 Å². The van der Waals surface area contributed by atoms with Gasteiger partial charge in [-0.1, -0.05) is 0 Å². The van der Waals surface area contributed by atoms with Gasteiger partial charge in [-0.3, -0.25) is 0 Å². The van der Waals surface area contributed by atoms with Gasteiger partial charge in [0.1, 0.15) is 16.9 Å². The van der Waals surface area contributed by atoms with Gasteiger partial charge in [0, 0.05) is 10.7 Å². The lowest BCUT2D eigenvalue weighted by Crippen LogP contribution is -2.49. The lowest BCUT2D eigenvalue weighted by Gasteiger charge is -2.29. The summed E-state index contributed by atoms with van der Waals surface area (Å²) >= 11 is 3.09. The van der Waals surface area contributed by atoms with Gasteiger partial charge in [-0.15, -0.1) is 0 Å². The highest BCUT2D eigenvalue weighted by Gasteiger charge is 2.30. The van der Waals surface area contributed by atoms with E-state index >= 15 is 0 Å². The number of hydrogen-bond acceptors (Lipinski definition) is 6. The summed E-state index contributed by atoms with van der Waals surface area (Å²) in [6.07, 6.45) is 1.37. The molecule has 1 aromatic rings. The average Bonchev–Trinajstić information content (AvgIpc) is 2.37. The standard InChI is InChI=1S/C10H13BrN2O5/c11-6-1-7(9(17)18)8(12-2-6)13-10(3-14,4-15)5-16/h1-2,14-16H,3-5H2,(H,12,13)(H,17,18). The highest BCUT2D eigenvalue weighted by Crippen LogP contribution is 2.21. The summed E-state index contributed by atoms with van der Waals surface area (Å²) in [7, 11) is 0. The third kappa shape index (κ3) is 3.16. The fourth-order valence-electron chi connectivity index (χ4n) is 1.22. The van der Waals surface area contributed by atoms with Crippen molar-refractivity contribution in [3.8, 4) is 0 Å².